The van der Waals surface area contributed by atoms with Crippen molar-refractivity contribution in [2.24, 2.45) is 5.41 Å². The Kier molecular flexibility index (Phi) is 10.3. The Balaban J connectivity index is 0.789. The summed E-state index contributed by atoms with van der Waals surface area (Å²) in [6.45, 7) is 6.66. The van der Waals surface area contributed by atoms with Crippen molar-refractivity contribution in [2.45, 2.75) is 82.8 Å². The highest BCUT2D eigenvalue weighted by Crippen LogP contribution is 2.48. The van der Waals surface area contributed by atoms with E-state index < -0.39 is 23.8 Å². The second-order valence-electron chi connectivity index (χ2n) is 17.4. The van der Waals surface area contributed by atoms with Crippen molar-refractivity contribution in [3.8, 4) is 5.75 Å². The van der Waals surface area contributed by atoms with E-state index in [1.54, 1.807) is 19.1 Å². The van der Waals surface area contributed by atoms with Crippen molar-refractivity contribution < 1.29 is 29.1 Å². The first kappa shape index (κ1) is 38.7. The number of phenols is 1. The van der Waals surface area contributed by atoms with Crippen LogP contribution in [0.2, 0.25) is 0 Å². The van der Waals surface area contributed by atoms with Gasteiger partial charge in [0.2, 0.25) is 18.2 Å². The van der Waals surface area contributed by atoms with E-state index in [1.165, 1.54) is 32.8 Å². The summed E-state index contributed by atoms with van der Waals surface area (Å²) >= 11 is 0. The van der Waals surface area contributed by atoms with Crippen LogP contribution in [-0.2, 0) is 33.9 Å². The maximum atomic E-state index is 13.6. The van der Waals surface area contributed by atoms with E-state index in [2.05, 4.69) is 75.8 Å². The SMILES string of the molecule is CC(CCC(=O)NC=O)N1C(=O)c2cc3c(cc2C1=O)CN(C(=O)CN1CCC2(CC1)CCN(c1ccc(C4c5ccc(O)cc5CCC4c4ccccc4)cc1)C2)C3. The number of nitrogens with one attached hydrogen (secondary N) is 1. The van der Waals surface area contributed by atoms with Crippen molar-refractivity contribution >= 4 is 35.7 Å². The zero-order chi connectivity index (χ0) is 40.8. The molecule has 3 atom stereocenters. The van der Waals surface area contributed by atoms with Gasteiger partial charge in [0.15, 0.2) is 0 Å². The highest BCUT2D eigenvalue weighted by atomic mass is 16.3. The van der Waals surface area contributed by atoms with Crippen LogP contribution >= 0.6 is 0 Å². The molecule has 9 rings (SSSR count). The summed E-state index contributed by atoms with van der Waals surface area (Å²) in [5.74, 6) is -0.263. The molecule has 2 saturated heterocycles. The van der Waals surface area contributed by atoms with E-state index in [4.69, 9.17) is 0 Å². The van der Waals surface area contributed by atoms with Gasteiger partial charge in [0.25, 0.3) is 11.8 Å². The molecule has 0 bridgehead atoms. The lowest BCUT2D eigenvalue weighted by molar-refractivity contribution is -0.133. The molecule has 3 unspecified atom stereocenters. The molecule has 2 N–H and O–H groups in total. The van der Waals surface area contributed by atoms with Gasteiger partial charge < -0.3 is 14.9 Å². The Morgan fingerprint density at radius 2 is 1.53 bits per heavy atom. The number of fused-ring (bicyclic) bond motifs is 3. The number of likely N-dealkylation sites (tertiary alicyclic amines) is 1. The first-order valence-electron chi connectivity index (χ1n) is 21.1. The van der Waals surface area contributed by atoms with Crippen LogP contribution in [0.4, 0.5) is 5.69 Å². The Hall–Kier alpha value is -5.81. The van der Waals surface area contributed by atoms with Crippen LogP contribution in [0.3, 0.4) is 0 Å². The quantitative estimate of drug-likeness (QED) is 0.145. The number of phenolic OH excluding ortho intramolecular Hbond substituents is 1. The number of carbonyl (C=O) groups is 5. The van der Waals surface area contributed by atoms with Crippen molar-refractivity contribution in [1.82, 2.24) is 20.0 Å². The van der Waals surface area contributed by atoms with Crippen LogP contribution in [-0.4, -0.2) is 88.6 Å². The largest absolute Gasteiger partial charge is 0.508 e. The predicted octanol–water partition coefficient (Wildman–Crippen LogP) is 6.13. The lowest BCUT2D eigenvalue weighted by atomic mass is 9.69. The second-order valence-corrected chi connectivity index (χ2v) is 17.4. The average Bonchev–Trinajstić information content (AvgIpc) is 3.94. The number of imide groups is 2. The van der Waals surface area contributed by atoms with Gasteiger partial charge in [-0.25, -0.2) is 0 Å². The van der Waals surface area contributed by atoms with Gasteiger partial charge in [-0.3, -0.25) is 39.1 Å². The number of anilines is 1. The molecule has 5 aliphatic rings. The number of aromatic hydroxyl groups is 1. The minimum atomic E-state index is -0.507. The number of amides is 5. The number of aryl methyl sites for hydroxylation is 1. The van der Waals surface area contributed by atoms with Crippen molar-refractivity contribution in [2.75, 3.05) is 37.6 Å². The van der Waals surface area contributed by atoms with Crippen LogP contribution in [0.15, 0.2) is 84.9 Å². The molecule has 0 radical (unpaired) electrons. The highest BCUT2D eigenvalue weighted by molar-refractivity contribution is 6.21. The normalized spacial score (nSPS) is 21.3. The maximum absolute atomic E-state index is 13.6. The third kappa shape index (κ3) is 7.41. The summed E-state index contributed by atoms with van der Waals surface area (Å²) < 4.78 is 0. The fourth-order valence-corrected chi connectivity index (χ4v) is 10.6. The van der Waals surface area contributed by atoms with Gasteiger partial charge in [0.1, 0.15) is 5.75 Å². The summed E-state index contributed by atoms with van der Waals surface area (Å²) in [5.41, 5.74) is 9.14. The zero-order valence-corrected chi connectivity index (χ0v) is 33.6. The lowest BCUT2D eigenvalue weighted by Crippen LogP contribution is -2.45. The minimum Gasteiger partial charge on any atom is -0.508 e. The number of benzene rings is 4. The maximum Gasteiger partial charge on any atom is 0.261 e. The fraction of sp³-hybridized carbons (Fsp3) is 0.396. The molecule has 2 fully saturated rings. The Morgan fingerprint density at radius 1 is 0.847 bits per heavy atom. The topological polar surface area (TPSA) is 131 Å². The van der Waals surface area contributed by atoms with Crippen molar-refractivity contribution in [3.63, 3.8) is 0 Å². The molecule has 11 nitrogen and oxygen atoms in total. The van der Waals surface area contributed by atoms with Gasteiger partial charge in [-0.2, -0.15) is 0 Å². The molecular weight excluding hydrogens is 743 g/mol. The molecule has 0 saturated carbocycles. The Bertz CT molecular complexity index is 2260. The first-order valence-corrected chi connectivity index (χ1v) is 21.1. The van der Waals surface area contributed by atoms with Gasteiger partial charge in [-0.1, -0.05) is 48.5 Å². The summed E-state index contributed by atoms with van der Waals surface area (Å²) in [6, 6.07) is 29.0. The summed E-state index contributed by atoms with van der Waals surface area (Å²) in [6.07, 6.45) is 5.82. The predicted molar refractivity (Wildman–Crippen MR) is 223 cm³/mol. The zero-order valence-electron chi connectivity index (χ0n) is 33.6. The van der Waals surface area contributed by atoms with Gasteiger partial charge in [-0.05, 0) is 140 Å². The lowest BCUT2D eigenvalue weighted by Gasteiger charge is -2.39. The first-order chi connectivity index (χ1) is 28.6. The standard InChI is InChI=1S/C48H51N5O6/c1-31(7-16-43(56)49-30-54)53-46(58)41-24-35-26-52(27-36(35)25-42(41)47(53)59)44(57)28-50-20-17-48(18-21-50)19-22-51(29-48)37-11-8-33(9-12-37)45-39(32-5-3-2-4-6-32)14-10-34-23-38(55)13-15-40(34)45/h2-6,8-9,11-13,15,23-25,30-31,39,45,55H,7,10,14,16-22,26-29H2,1H3,(H,49,54,56). The molecule has 1 aliphatic carbocycles. The molecule has 304 valence electrons. The van der Waals surface area contributed by atoms with E-state index in [0.29, 0.717) is 48.8 Å². The van der Waals surface area contributed by atoms with Crippen molar-refractivity contribution in [1.29, 1.82) is 0 Å². The fourth-order valence-electron chi connectivity index (χ4n) is 10.6. The smallest absolute Gasteiger partial charge is 0.261 e. The van der Waals surface area contributed by atoms with Crippen molar-refractivity contribution in [3.05, 3.63) is 129 Å². The number of rotatable bonds is 10. The summed E-state index contributed by atoms with van der Waals surface area (Å²) in [7, 11) is 0. The Morgan fingerprint density at radius 3 is 2.20 bits per heavy atom. The van der Waals surface area contributed by atoms with E-state index >= 15 is 0 Å². The van der Waals surface area contributed by atoms with Crippen LogP contribution in [0.1, 0.15) is 111 Å². The van der Waals surface area contributed by atoms with E-state index in [-0.39, 0.29) is 30.1 Å². The summed E-state index contributed by atoms with van der Waals surface area (Å²) in [5, 5.41) is 12.3. The molecule has 0 aromatic heterocycles. The van der Waals surface area contributed by atoms with E-state index in [1.807, 2.05) is 17.0 Å². The molecule has 59 heavy (non-hydrogen) atoms. The molecular formula is C48H51N5O6. The highest BCUT2D eigenvalue weighted by Gasteiger charge is 2.43. The molecule has 4 aromatic carbocycles. The number of hydrogen-bond acceptors (Lipinski definition) is 8. The molecule has 5 amide bonds. The van der Waals surface area contributed by atoms with E-state index in [0.717, 1.165) is 69.4 Å². The van der Waals surface area contributed by atoms with Gasteiger partial charge in [0, 0.05) is 50.2 Å². The third-order valence-electron chi connectivity index (χ3n) is 13.9. The second kappa shape index (κ2) is 15.7. The molecule has 4 aromatic rings. The average molecular weight is 794 g/mol. The molecule has 11 heteroatoms. The van der Waals surface area contributed by atoms with Gasteiger partial charge in [-0.15, -0.1) is 0 Å². The Labute approximate surface area is 345 Å². The van der Waals surface area contributed by atoms with Gasteiger partial charge >= 0.3 is 0 Å². The van der Waals surface area contributed by atoms with Crippen LogP contribution < -0.4 is 10.2 Å². The summed E-state index contributed by atoms with van der Waals surface area (Å²) in [4.78, 5) is 70.4. The van der Waals surface area contributed by atoms with Crippen LogP contribution in [0.25, 0.3) is 0 Å². The number of piperidine rings is 1. The van der Waals surface area contributed by atoms with Crippen LogP contribution in [0.5, 0.6) is 5.75 Å². The van der Waals surface area contributed by atoms with Gasteiger partial charge in [0.05, 0.1) is 17.7 Å². The molecule has 4 aliphatic heterocycles. The molecule has 4 heterocycles. The van der Waals surface area contributed by atoms with E-state index in [9.17, 15) is 29.1 Å². The number of hydrogen-bond donors (Lipinski definition) is 2. The monoisotopic (exact) mass is 793 g/mol. The third-order valence-corrected chi connectivity index (χ3v) is 13.9. The number of nitrogens with zero attached hydrogens (tertiary/aromatic N) is 4. The molecule has 1 spiro atoms. The van der Waals surface area contributed by atoms with Crippen LogP contribution in [0, 0.1) is 5.41 Å². The number of carbonyl (C=O) groups excluding carboxylic acids is 5. The minimum absolute atomic E-state index is 0.0215.